The third-order valence-electron chi connectivity index (χ3n) is 6.06. The van der Waals surface area contributed by atoms with Crippen molar-refractivity contribution in [1.82, 2.24) is 4.90 Å². The van der Waals surface area contributed by atoms with Crippen molar-refractivity contribution in [1.29, 1.82) is 0 Å². The first kappa shape index (κ1) is 20.3. The van der Waals surface area contributed by atoms with E-state index in [0.29, 0.717) is 31.7 Å². The van der Waals surface area contributed by atoms with Gasteiger partial charge in [-0.05, 0) is 43.7 Å². The number of piperidine rings is 1. The lowest BCUT2D eigenvalue weighted by molar-refractivity contribution is -0.136. The minimum absolute atomic E-state index is 0.199. The zero-order valence-corrected chi connectivity index (χ0v) is 17.1. The smallest absolute Gasteiger partial charge is 0.222 e. The van der Waals surface area contributed by atoms with Crippen LogP contribution in [0.5, 0.6) is 0 Å². The van der Waals surface area contributed by atoms with Crippen LogP contribution in [0.4, 0.5) is 0 Å². The maximum Gasteiger partial charge on any atom is 0.222 e. The highest BCUT2D eigenvalue weighted by Gasteiger charge is 2.42. The fourth-order valence-corrected chi connectivity index (χ4v) is 4.25. The Hall–Kier alpha value is -2.42. The van der Waals surface area contributed by atoms with Gasteiger partial charge in [0.15, 0.2) is 0 Å². The lowest BCUT2D eigenvalue weighted by Gasteiger charge is -2.41. The van der Waals surface area contributed by atoms with Gasteiger partial charge in [-0.15, -0.1) is 0 Å². The summed E-state index contributed by atoms with van der Waals surface area (Å²) in [6.07, 6.45) is 4.24. The van der Waals surface area contributed by atoms with Gasteiger partial charge in [0.25, 0.3) is 0 Å². The number of benzene rings is 2. The maximum absolute atomic E-state index is 13.0. The second-order valence-electron chi connectivity index (χ2n) is 7.99. The lowest BCUT2D eigenvalue weighted by Crippen LogP contribution is -2.49. The Labute approximate surface area is 168 Å². The second kappa shape index (κ2) is 9.18. The summed E-state index contributed by atoms with van der Waals surface area (Å²) in [5, 5.41) is 0. The molecule has 1 aliphatic rings. The summed E-state index contributed by atoms with van der Waals surface area (Å²) in [6.45, 7) is 5.45. The number of amides is 1. The van der Waals surface area contributed by atoms with Gasteiger partial charge >= 0.3 is 0 Å². The Kier molecular flexibility index (Phi) is 6.66. The van der Waals surface area contributed by atoms with Crippen molar-refractivity contribution < 1.29 is 9.59 Å². The molecule has 148 valence electrons. The highest BCUT2D eigenvalue weighted by Crippen LogP contribution is 2.38. The van der Waals surface area contributed by atoms with E-state index in [-0.39, 0.29) is 5.91 Å². The molecule has 0 saturated carbocycles. The predicted octanol–water partition coefficient (Wildman–Crippen LogP) is 4.86. The van der Waals surface area contributed by atoms with E-state index in [1.807, 2.05) is 23.1 Å². The molecule has 3 rings (SSSR count). The van der Waals surface area contributed by atoms with E-state index < -0.39 is 5.41 Å². The van der Waals surface area contributed by atoms with Crippen LogP contribution in [0.3, 0.4) is 0 Å². The first-order valence-corrected chi connectivity index (χ1v) is 10.5. The third kappa shape index (κ3) is 4.52. The number of carbonyl (C=O) groups is 2. The number of likely N-dealkylation sites (tertiary alicyclic amines) is 1. The molecule has 2 aromatic carbocycles. The molecule has 1 fully saturated rings. The number of carbonyl (C=O) groups excluding carboxylic acids is 2. The van der Waals surface area contributed by atoms with Crippen LogP contribution in [0.1, 0.15) is 55.7 Å². The molecule has 0 unspecified atom stereocenters. The number of hydrogen-bond donors (Lipinski definition) is 0. The highest BCUT2D eigenvalue weighted by molar-refractivity contribution is 5.90. The topological polar surface area (TPSA) is 37.4 Å². The molecule has 0 bridgehead atoms. The molecule has 3 nitrogen and oxygen atoms in total. The minimum atomic E-state index is -0.426. The quantitative estimate of drug-likeness (QED) is 0.691. The number of aryl methyl sites for hydroxylation is 2. The van der Waals surface area contributed by atoms with Crippen molar-refractivity contribution in [3.05, 3.63) is 71.3 Å². The molecule has 0 spiro atoms. The summed E-state index contributed by atoms with van der Waals surface area (Å²) in [5.74, 6) is 0.526. The Balaban J connectivity index is 1.64. The summed E-state index contributed by atoms with van der Waals surface area (Å²) in [6, 6.07) is 18.5. The SMILES string of the molecule is CCCC(=O)C1(c2ccccc2)CCN(C(=O)CCc2ccc(C)cc2)CC1. The molecule has 3 heteroatoms. The van der Waals surface area contributed by atoms with Gasteiger partial charge in [0.1, 0.15) is 5.78 Å². The monoisotopic (exact) mass is 377 g/mol. The summed E-state index contributed by atoms with van der Waals surface area (Å²) in [7, 11) is 0. The van der Waals surface area contributed by atoms with Crippen molar-refractivity contribution in [3.8, 4) is 0 Å². The van der Waals surface area contributed by atoms with Gasteiger partial charge < -0.3 is 4.90 Å². The molecule has 1 heterocycles. The highest BCUT2D eigenvalue weighted by atomic mass is 16.2. The van der Waals surface area contributed by atoms with E-state index >= 15 is 0 Å². The molecular formula is C25H31NO2. The summed E-state index contributed by atoms with van der Waals surface area (Å²) < 4.78 is 0. The Morgan fingerprint density at radius 2 is 1.57 bits per heavy atom. The molecule has 0 aliphatic carbocycles. The van der Waals surface area contributed by atoms with Crippen LogP contribution in [-0.4, -0.2) is 29.7 Å². The first-order valence-electron chi connectivity index (χ1n) is 10.5. The zero-order valence-electron chi connectivity index (χ0n) is 17.1. The normalized spacial score (nSPS) is 16.0. The van der Waals surface area contributed by atoms with Crippen molar-refractivity contribution in [2.45, 2.75) is 57.8 Å². The summed E-state index contributed by atoms with van der Waals surface area (Å²) >= 11 is 0. The van der Waals surface area contributed by atoms with E-state index in [2.05, 4.69) is 50.2 Å². The molecule has 0 radical (unpaired) electrons. The largest absolute Gasteiger partial charge is 0.343 e. The minimum Gasteiger partial charge on any atom is -0.343 e. The fourth-order valence-electron chi connectivity index (χ4n) is 4.25. The van der Waals surface area contributed by atoms with Crippen LogP contribution in [-0.2, 0) is 21.4 Å². The lowest BCUT2D eigenvalue weighted by atomic mass is 9.68. The average molecular weight is 378 g/mol. The predicted molar refractivity (Wildman–Crippen MR) is 113 cm³/mol. The number of nitrogens with zero attached hydrogens (tertiary/aromatic N) is 1. The van der Waals surface area contributed by atoms with Crippen molar-refractivity contribution in [2.75, 3.05) is 13.1 Å². The second-order valence-corrected chi connectivity index (χ2v) is 7.99. The van der Waals surface area contributed by atoms with Crippen LogP contribution in [0.15, 0.2) is 54.6 Å². The van der Waals surface area contributed by atoms with Gasteiger partial charge in [-0.25, -0.2) is 0 Å². The Bertz CT molecular complexity index is 787. The standard InChI is InChI=1S/C25H31NO2/c1-3-7-23(27)25(22-8-5-4-6-9-22)16-18-26(19-17-25)24(28)15-14-21-12-10-20(2)11-13-21/h4-6,8-13H,3,7,14-19H2,1-2H3. The number of rotatable bonds is 7. The van der Waals surface area contributed by atoms with Gasteiger partial charge in [-0.1, -0.05) is 67.1 Å². The fraction of sp³-hybridized carbons (Fsp3) is 0.440. The van der Waals surface area contributed by atoms with Crippen LogP contribution in [0, 0.1) is 6.92 Å². The van der Waals surface area contributed by atoms with Gasteiger partial charge in [-0.2, -0.15) is 0 Å². The molecule has 0 N–H and O–H groups in total. The zero-order chi connectivity index (χ0) is 20.0. The van der Waals surface area contributed by atoms with E-state index in [4.69, 9.17) is 0 Å². The molecule has 0 aromatic heterocycles. The van der Waals surface area contributed by atoms with Crippen LogP contribution in [0.25, 0.3) is 0 Å². The van der Waals surface area contributed by atoms with E-state index in [1.165, 1.54) is 11.1 Å². The maximum atomic E-state index is 13.0. The van der Waals surface area contributed by atoms with Crippen molar-refractivity contribution in [2.24, 2.45) is 0 Å². The number of ketones is 1. The third-order valence-corrected chi connectivity index (χ3v) is 6.06. The van der Waals surface area contributed by atoms with Crippen molar-refractivity contribution in [3.63, 3.8) is 0 Å². The van der Waals surface area contributed by atoms with Crippen LogP contribution in [0.2, 0.25) is 0 Å². The molecule has 0 atom stereocenters. The molecular weight excluding hydrogens is 346 g/mol. The van der Waals surface area contributed by atoms with Crippen LogP contribution >= 0.6 is 0 Å². The van der Waals surface area contributed by atoms with Gasteiger partial charge in [0.2, 0.25) is 5.91 Å². The van der Waals surface area contributed by atoms with E-state index in [1.54, 1.807) is 0 Å². The van der Waals surface area contributed by atoms with E-state index in [9.17, 15) is 9.59 Å². The van der Waals surface area contributed by atoms with Gasteiger partial charge in [0, 0.05) is 25.9 Å². The molecule has 1 aliphatic heterocycles. The van der Waals surface area contributed by atoms with Crippen LogP contribution < -0.4 is 0 Å². The molecule has 1 amide bonds. The Morgan fingerprint density at radius 3 is 2.18 bits per heavy atom. The first-order chi connectivity index (χ1) is 13.5. The number of hydrogen-bond acceptors (Lipinski definition) is 2. The summed E-state index contributed by atoms with van der Waals surface area (Å²) in [4.78, 5) is 27.7. The van der Waals surface area contributed by atoms with Gasteiger partial charge in [-0.3, -0.25) is 9.59 Å². The Morgan fingerprint density at radius 1 is 0.929 bits per heavy atom. The van der Waals surface area contributed by atoms with E-state index in [0.717, 1.165) is 31.2 Å². The summed E-state index contributed by atoms with van der Waals surface area (Å²) in [5.41, 5.74) is 3.12. The molecule has 1 saturated heterocycles. The van der Waals surface area contributed by atoms with Gasteiger partial charge in [0.05, 0.1) is 5.41 Å². The van der Waals surface area contributed by atoms with Crippen molar-refractivity contribution >= 4 is 11.7 Å². The average Bonchev–Trinajstić information content (AvgIpc) is 2.74. The molecule has 28 heavy (non-hydrogen) atoms. The molecule has 2 aromatic rings. The number of Topliss-reactive ketones (excluding diaryl/α,β-unsaturated/α-hetero) is 1.